The maximum absolute atomic E-state index is 16.7. The highest BCUT2D eigenvalue weighted by atomic mass is 19.1. The molecule has 10 heteroatoms. The third-order valence-corrected chi connectivity index (χ3v) is 7.96. The first-order valence-corrected chi connectivity index (χ1v) is 14.0. The number of carbonyl (C=O) groups is 1. The van der Waals surface area contributed by atoms with Crippen molar-refractivity contribution in [2.45, 2.75) is 38.5 Å². The molecule has 4 aromatic rings. The molecule has 0 amide bonds. The molecule has 216 valence electrons. The van der Waals surface area contributed by atoms with Crippen LogP contribution in [0.5, 0.6) is 11.8 Å². The summed E-state index contributed by atoms with van der Waals surface area (Å²) >= 11 is 0. The van der Waals surface area contributed by atoms with Crippen LogP contribution in [0.4, 0.5) is 14.6 Å². The van der Waals surface area contributed by atoms with E-state index in [4.69, 9.17) is 20.6 Å². The van der Waals surface area contributed by atoms with E-state index in [9.17, 15) is 9.18 Å². The van der Waals surface area contributed by atoms with Gasteiger partial charge in [-0.25, -0.2) is 8.78 Å². The van der Waals surface area contributed by atoms with E-state index in [1.54, 1.807) is 18.2 Å². The van der Waals surface area contributed by atoms with Crippen molar-refractivity contribution >= 4 is 33.8 Å². The standard InChI is InChI=1S/C32H30F2N4O4/c1-3-22-25(33)9-8-20-14-21(42-19-40-2)15-23(26(20)22)28-27(34)29-24(16-35-28)30(38-12-6-4-5-7-13-38)37-31(36-29)41-18-32(17-39)10-11-32/h1,8-9,14-17H,4-7,10-13,18-19H2,2H3. The molecule has 0 N–H and O–H groups in total. The molecule has 1 saturated carbocycles. The van der Waals surface area contributed by atoms with Crippen LogP contribution in [0.15, 0.2) is 30.5 Å². The lowest BCUT2D eigenvalue weighted by atomic mass is 9.95. The van der Waals surface area contributed by atoms with Crippen molar-refractivity contribution in [2.75, 3.05) is 38.5 Å². The first-order valence-electron chi connectivity index (χ1n) is 14.0. The fourth-order valence-corrected chi connectivity index (χ4v) is 5.41. The summed E-state index contributed by atoms with van der Waals surface area (Å²) in [6.45, 7) is 1.58. The number of fused-ring (bicyclic) bond motifs is 2. The van der Waals surface area contributed by atoms with E-state index < -0.39 is 17.0 Å². The van der Waals surface area contributed by atoms with Gasteiger partial charge in [0.1, 0.15) is 41.5 Å². The van der Waals surface area contributed by atoms with Gasteiger partial charge in [0, 0.05) is 37.3 Å². The zero-order chi connectivity index (χ0) is 29.3. The lowest BCUT2D eigenvalue weighted by Gasteiger charge is -2.23. The smallest absolute Gasteiger partial charge is 0.319 e. The molecule has 0 unspecified atom stereocenters. The quantitative estimate of drug-likeness (QED) is 0.141. The molecule has 3 heterocycles. The van der Waals surface area contributed by atoms with Gasteiger partial charge in [-0.05, 0) is 49.3 Å². The van der Waals surface area contributed by atoms with Crippen LogP contribution in [-0.4, -0.2) is 54.8 Å². The van der Waals surface area contributed by atoms with E-state index in [-0.39, 0.29) is 41.7 Å². The molecule has 8 nitrogen and oxygen atoms in total. The van der Waals surface area contributed by atoms with E-state index >= 15 is 4.39 Å². The van der Waals surface area contributed by atoms with Gasteiger partial charge in [-0.1, -0.05) is 24.8 Å². The van der Waals surface area contributed by atoms with Crippen LogP contribution in [0.25, 0.3) is 32.9 Å². The van der Waals surface area contributed by atoms with Crippen LogP contribution in [0.1, 0.15) is 44.1 Å². The summed E-state index contributed by atoms with van der Waals surface area (Å²) in [5.41, 5.74) is -0.366. The lowest BCUT2D eigenvalue weighted by molar-refractivity contribution is -0.113. The van der Waals surface area contributed by atoms with Crippen LogP contribution in [0, 0.1) is 29.4 Å². The second-order valence-electron chi connectivity index (χ2n) is 10.9. The summed E-state index contributed by atoms with van der Waals surface area (Å²) in [4.78, 5) is 27.3. The molecule has 0 bridgehead atoms. The fraction of sp³-hybridized carbons (Fsp3) is 0.375. The Morgan fingerprint density at radius 3 is 2.57 bits per heavy atom. The third kappa shape index (κ3) is 5.21. The maximum Gasteiger partial charge on any atom is 0.319 e. The molecule has 0 radical (unpaired) electrons. The zero-order valence-electron chi connectivity index (χ0n) is 23.3. The number of rotatable bonds is 9. The molecule has 42 heavy (non-hydrogen) atoms. The predicted octanol–water partition coefficient (Wildman–Crippen LogP) is 5.83. The molecule has 2 aromatic heterocycles. The van der Waals surface area contributed by atoms with Gasteiger partial charge in [0.2, 0.25) is 0 Å². The number of pyridine rings is 1. The van der Waals surface area contributed by atoms with Gasteiger partial charge in [0.25, 0.3) is 0 Å². The van der Waals surface area contributed by atoms with Gasteiger partial charge in [-0.2, -0.15) is 9.97 Å². The monoisotopic (exact) mass is 572 g/mol. The summed E-state index contributed by atoms with van der Waals surface area (Å²) in [7, 11) is 1.49. The lowest BCUT2D eigenvalue weighted by Crippen LogP contribution is -2.26. The number of hydrogen-bond donors (Lipinski definition) is 0. The molecule has 1 saturated heterocycles. The Morgan fingerprint density at radius 1 is 1.10 bits per heavy atom. The Labute approximate surface area is 242 Å². The Morgan fingerprint density at radius 2 is 1.88 bits per heavy atom. The summed E-state index contributed by atoms with van der Waals surface area (Å²) in [5, 5.41) is 1.31. The molecule has 2 fully saturated rings. The van der Waals surface area contributed by atoms with E-state index in [1.807, 2.05) is 0 Å². The van der Waals surface area contributed by atoms with Gasteiger partial charge in [-0.3, -0.25) is 4.98 Å². The van der Waals surface area contributed by atoms with Crippen molar-refractivity contribution in [1.29, 1.82) is 0 Å². The third-order valence-electron chi connectivity index (χ3n) is 7.96. The normalized spacial score (nSPS) is 16.2. The van der Waals surface area contributed by atoms with Crippen LogP contribution < -0.4 is 14.4 Å². The minimum atomic E-state index is -0.732. The van der Waals surface area contributed by atoms with Gasteiger partial charge in [0.15, 0.2) is 12.6 Å². The van der Waals surface area contributed by atoms with Gasteiger partial charge in [-0.15, -0.1) is 6.42 Å². The van der Waals surface area contributed by atoms with Crippen LogP contribution >= 0.6 is 0 Å². The van der Waals surface area contributed by atoms with Crippen molar-refractivity contribution < 1.29 is 27.8 Å². The molecule has 2 aliphatic rings. The van der Waals surface area contributed by atoms with E-state index in [2.05, 4.69) is 25.8 Å². The molecule has 1 aliphatic heterocycles. The van der Waals surface area contributed by atoms with Crippen molar-refractivity contribution in [1.82, 2.24) is 15.0 Å². The Bertz CT molecular complexity index is 1710. The molecule has 0 spiro atoms. The number of hydrogen-bond acceptors (Lipinski definition) is 8. The first-order chi connectivity index (χ1) is 20.5. The Balaban J connectivity index is 1.55. The molecule has 1 aliphatic carbocycles. The van der Waals surface area contributed by atoms with Crippen LogP contribution in [0.3, 0.4) is 0 Å². The summed E-state index contributed by atoms with van der Waals surface area (Å²) in [6, 6.07) is 6.06. The summed E-state index contributed by atoms with van der Waals surface area (Å²) in [5.74, 6) is 1.97. The minimum Gasteiger partial charge on any atom is -0.468 e. The van der Waals surface area contributed by atoms with Crippen LogP contribution in [0.2, 0.25) is 0 Å². The SMILES string of the molecule is C#Cc1c(F)ccc2cc(OCOC)cc(-c3ncc4c(N5CCCCCC5)nc(OCC5(C=O)CC5)nc4c3F)c12. The molecule has 6 rings (SSSR count). The fourth-order valence-electron chi connectivity index (χ4n) is 5.41. The number of methoxy groups -OCH3 is 1. The number of terminal acetylenes is 1. The number of ether oxygens (including phenoxy) is 3. The van der Waals surface area contributed by atoms with E-state index in [1.165, 1.54) is 19.4 Å². The number of aldehydes is 1. The van der Waals surface area contributed by atoms with Crippen molar-refractivity contribution in [2.24, 2.45) is 5.41 Å². The maximum atomic E-state index is 16.7. The van der Waals surface area contributed by atoms with Crippen LogP contribution in [-0.2, 0) is 9.53 Å². The minimum absolute atomic E-state index is 0.00946. The van der Waals surface area contributed by atoms with Gasteiger partial charge < -0.3 is 23.9 Å². The van der Waals surface area contributed by atoms with Crippen molar-refractivity contribution in [3.05, 3.63) is 47.7 Å². The molecular formula is C32H30F2N4O4. The first kappa shape index (κ1) is 27.8. The summed E-state index contributed by atoms with van der Waals surface area (Å²) in [6.07, 6.45) is 13.8. The van der Waals surface area contributed by atoms with Crippen molar-refractivity contribution in [3.8, 4) is 35.4 Å². The Hall–Kier alpha value is -4.36. The number of aromatic nitrogens is 3. The molecular weight excluding hydrogens is 542 g/mol. The number of anilines is 1. The second-order valence-corrected chi connectivity index (χ2v) is 10.9. The van der Waals surface area contributed by atoms with Crippen molar-refractivity contribution in [3.63, 3.8) is 0 Å². The molecule has 2 aromatic carbocycles. The highest BCUT2D eigenvalue weighted by molar-refractivity contribution is 6.03. The zero-order valence-corrected chi connectivity index (χ0v) is 23.3. The topological polar surface area (TPSA) is 86.7 Å². The van der Waals surface area contributed by atoms with Gasteiger partial charge >= 0.3 is 6.01 Å². The average Bonchev–Trinajstić information content (AvgIpc) is 3.83. The average molecular weight is 573 g/mol. The molecule has 0 atom stereocenters. The Kier molecular flexibility index (Phi) is 7.60. The predicted molar refractivity (Wildman–Crippen MR) is 155 cm³/mol. The number of benzene rings is 2. The second kappa shape index (κ2) is 11.5. The largest absolute Gasteiger partial charge is 0.468 e. The van der Waals surface area contributed by atoms with Gasteiger partial charge in [0.05, 0.1) is 16.4 Å². The number of nitrogens with zero attached hydrogens (tertiary/aromatic N) is 4. The highest BCUT2D eigenvalue weighted by Crippen LogP contribution is 2.44. The van der Waals surface area contributed by atoms with E-state index in [0.717, 1.165) is 57.9 Å². The summed E-state index contributed by atoms with van der Waals surface area (Å²) < 4.78 is 48.1. The number of carbonyl (C=O) groups excluding carboxylic acids is 1. The highest BCUT2D eigenvalue weighted by Gasteiger charge is 2.44. The van der Waals surface area contributed by atoms with E-state index in [0.29, 0.717) is 27.7 Å². The number of halogens is 2.